The van der Waals surface area contributed by atoms with Crippen LogP contribution in [0.1, 0.15) is 35.5 Å². The van der Waals surface area contributed by atoms with Gasteiger partial charge in [-0.3, -0.25) is 0 Å². The van der Waals surface area contributed by atoms with Crippen LogP contribution in [0.2, 0.25) is 0 Å². The summed E-state index contributed by atoms with van der Waals surface area (Å²) < 4.78 is 27.5. The van der Waals surface area contributed by atoms with Gasteiger partial charge in [-0.25, -0.2) is 8.78 Å². The molecule has 1 heterocycles. The number of halogens is 2. The molecule has 0 spiro atoms. The van der Waals surface area contributed by atoms with E-state index in [1.807, 2.05) is 26.8 Å². The van der Waals surface area contributed by atoms with Gasteiger partial charge in [0.25, 0.3) is 0 Å². The van der Waals surface area contributed by atoms with Crippen LogP contribution in [-0.4, -0.2) is 16.7 Å². The molecule has 0 bridgehead atoms. The number of hydrogen-bond acceptors (Lipinski definition) is 3. The molecule has 1 N–H and O–H groups in total. The van der Waals surface area contributed by atoms with Crippen LogP contribution >= 0.6 is 0 Å². The Kier molecular flexibility index (Phi) is 4.39. The highest BCUT2D eigenvalue weighted by Crippen LogP contribution is 2.27. The molecule has 0 radical (unpaired) electrons. The lowest BCUT2D eigenvalue weighted by Crippen LogP contribution is -2.24. The molecule has 2 aromatic rings. The lowest BCUT2D eigenvalue weighted by molar-refractivity contribution is 0.482. The molecular weight excluding hydrogens is 260 g/mol. The number of hydrogen-bond donors (Lipinski definition) is 1. The van der Waals surface area contributed by atoms with E-state index in [9.17, 15) is 8.78 Å². The summed E-state index contributed by atoms with van der Waals surface area (Å²) in [6, 6.07) is 5.62. The molecule has 0 saturated heterocycles. The molecule has 3 nitrogen and oxygen atoms in total. The smallest absolute Gasteiger partial charge is 0.163 e. The second kappa shape index (κ2) is 6.05. The summed E-state index contributed by atoms with van der Waals surface area (Å²) >= 11 is 0. The number of nitrogens with one attached hydrogen (secondary N) is 1. The van der Waals surface area contributed by atoms with Gasteiger partial charge in [-0.15, -0.1) is 0 Å². The third-order valence-corrected chi connectivity index (χ3v) is 3.15. The van der Waals surface area contributed by atoms with Crippen molar-refractivity contribution in [3.8, 4) is 0 Å². The predicted octanol–water partition coefficient (Wildman–Crippen LogP) is 3.07. The van der Waals surface area contributed by atoms with E-state index in [0.29, 0.717) is 12.2 Å². The Balaban J connectivity index is 2.56. The average molecular weight is 277 g/mol. The Morgan fingerprint density at radius 1 is 1.15 bits per heavy atom. The summed E-state index contributed by atoms with van der Waals surface area (Å²) in [5.41, 5.74) is 2.53. The van der Waals surface area contributed by atoms with Crippen LogP contribution in [0.25, 0.3) is 0 Å². The number of rotatable bonds is 4. The van der Waals surface area contributed by atoms with Crippen molar-refractivity contribution in [2.45, 2.75) is 26.8 Å². The number of benzene rings is 1. The van der Waals surface area contributed by atoms with Crippen LogP contribution in [-0.2, 0) is 0 Å². The van der Waals surface area contributed by atoms with Gasteiger partial charge in [0.2, 0.25) is 0 Å². The summed E-state index contributed by atoms with van der Waals surface area (Å²) in [4.78, 5) is 0. The van der Waals surface area contributed by atoms with E-state index < -0.39 is 17.7 Å². The van der Waals surface area contributed by atoms with Crippen LogP contribution in [0, 0.1) is 25.5 Å². The first-order chi connectivity index (χ1) is 9.54. The zero-order chi connectivity index (χ0) is 14.7. The molecule has 1 aromatic carbocycles. The minimum Gasteiger partial charge on any atom is -0.306 e. The fourth-order valence-corrected chi connectivity index (χ4v) is 2.20. The maximum atomic E-state index is 14.0. The van der Waals surface area contributed by atoms with E-state index in [4.69, 9.17) is 0 Å². The van der Waals surface area contributed by atoms with Gasteiger partial charge in [0.15, 0.2) is 11.6 Å². The van der Waals surface area contributed by atoms with Crippen molar-refractivity contribution in [2.75, 3.05) is 6.54 Å². The predicted molar refractivity (Wildman–Crippen MR) is 73.4 cm³/mol. The van der Waals surface area contributed by atoms with Crippen LogP contribution < -0.4 is 5.32 Å². The minimum atomic E-state index is -0.846. The average Bonchev–Trinajstić information content (AvgIpc) is 2.43. The summed E-state index contributed by atoms with van der Waals surface area (Å²) in [6.45, 7) is 6.17. The molecule has 0 fully saturated rings. The van der Waals surface area contributed by atoms with Crippen molar-refractivity contribution in [1.82, 2.24) is 15.5 Å². The quantitative estimate of drug-likeness (QED) is 0.933. The van der Waals surface area contributed by atoms with Gasteiger partial charge in [0.1, 0.15) is 0 Å². The summed E-state index contributed by atoms with van der Waals surface area (Å²) in [5, 5.41) is 11.2. The van der Waals surface area contributed by atoms with Crippen LogP contribution in [0.3, 0.4) is 0 Å². The topological polar surface area (TPSA) is 37.8 Å². The third-order valence-electron chi connectivity index (χ3n) is 3.15. The van der Waals surface area contributed by atoms with E-state index >= 15 is 0 Å². The second-order valence-electron chi connectivity index (χ2n) is 4.66. The highest BCUT2D eigenvalue weighted by Gasteiger charge is 2.21. The molecule has 20 heavy (non-hydrogen) atoms. The second-order valence-corrected chi connectivity index (χ2v) is 4.66. The highest BCUT2D eigenvalue weighted by atomic mass is 19.2. The number of aryl methyl sites for hydroxylation is 2. The van der Waals surface area contributed by atoms with Crippen molar-refractivity contribution < 1.29 is 8.78 Å². The largest absolute Gasteiger partial charge is 0.306 e. The maximum Gasteiger partial charge on any atom is 0.163 e. The van der Waals surface area contributed by atoms with E-state index in [1.165, 1.54) is 6.07 Å². The first kappa shape index (κ1) is 14.5. The fraction of sp³-hybridized carbons (Fsp3) is 0.333. The Morgan fingerprint density at radius 2 is 1.90 bits per heavy atom. The Bertz CT molecular complexity index is 612. The number of nitrogens with zero attached hydrogens (tertiary/aromatic N) is 2. The van der Waals surface area contributed by atoms with Crippen molar-refractivity contribution in [3.63, 3.8) is 0 Å². The number of aromatic nitrogens is 2. The zero-order valence-electron chi connectivity index (χ0n) is 11.7. The summed E-state index contributed by atoms with van der Waals surface area (Å²) in [6.07, 6.45) is 0. The lowest BCUT2D eigenvalue weighted by atomic mass is 9.96. The third kappa shape index (κ3) is 2.82. The molecule has 0 aliphatic carbocycles. The molecule has 1 atom stereocenters. The molecule has 1 aromatic heterocycles. The lowest BCUT2D eigenvalue weighted by Gasteiger charge is -2.21. The van der Waals surface area contributed by atoms with E-state index in [0.717, 1.165) is 17.3 Å². The molecule has 0 aliphatic heterocycles. The van der Waals surface area contributed by atoms with Gasteiger partial charge in [0.05, 0.1) is 17.4 Å². The van der Waals surface area contributed by atoms with Crippen molar-refractivity contribution in [3.05, 3.63) is 58.4 Å². The maximum absolute atomic E-state index is 14.0. The van der Waals surface area contributed by atoms with Gasteiger partial charge < -0.3 is 5.32 Å². The van der Waals surface area contributed by atoms with Crippen molar-refractivity contribution in [1.29, 1.82) is 0 Å². The summed E-state index contributed by atoms with van der Waals surface area (Å²) in [5.74, 6) is -1.67. The van der Waals surface area contributed by atoms with Gasteiger partial charge in [0, 0.05) is 5.56 Å². The van der Waals surface area contributed by atoms with E-state index in [1.54, 1.807) is 6.07 Å². The monoisotopic (exact) mass is 277 g/mol. The zero-order valence-corrected chi connectivity index (χ0v) is 11.7. The van der Waals surface area contributed by atoms with Crippen molar-refractivity contribution >= 4 is 0 Å². The van der Waals surface area contributed by atoms with Gasteiger partial charge in [-0.05, 0) is 38.1 Å². The molecule has 5 heteroatoms. The standard InChI is InChI=1S/C15H17F2N3/c1-4-18-15(11-6-5-7-13(16)14(11)17)12-8-9(2)19-20-10(12)3/h5-8,15,18H,4H2,1-3H3. The molecule has 1 unspecified atom stereocenters. The molecule has 0 saturated carbocycles. The van der Waals surface area contributed by atoms with Crippen LogP contribution in [0.4, 0.5) is 8.78 Å². The van der Waals surface area contributed by atoms with E-state index in [-0.39, 0.29) is 5.56 Å². The highest BCUT2D eigenvalue weighted by molar-refractivity contribution is 5.35. The first-order valence-electron chi connectivity index (χ1n) is 6.52. The van der Waals surface area contributed by atoms with Gasteiger partial charge in [-0.2, -0.15) is 10.2 Å². The Morgan fingerprint density at radius 3 is 2.60 bits per heavy atom. The minimum absolute atomic E-state index is 0.280. The Hall–Kier alpha value is -1.88. The summed E-state index contributed by atoms with van der Waals surface area (Å²) in [7, 11) is 0. The molecule has 2 rings (SSSR count). The fourth-order valence-electron chi connectivity index (χ4n) is 2.20. The van der Waals surface area contributed by atoms with Crippen molar-refractivity contribution in [2.24, 2.45) is 0 Å². The van der Waals surface area contributed by atoms with Gasteiger partial charge >= 0.3 is 0 Å². The molecule has 0 amide bonds. The molecule has 0 aliphatic rings. The first-order valence-corrected chi connectivity index (χ1v) is 6.52. The molecule has 106 valence electrons. The Labute approximate surface area is 117 Å². The van der Waals surface area contributed by atoms with Gasteiger partial charge in [-0.1, -0.05) is 19.1 Å². The van der Waals surface area contributed by atoms with Crippen LogP contribution in [0.5, 0.6) is 0 Å². The molecular formula is C15H17F2N3. The van der Waals surface area contributed by atoms with E-state index in [2.05, 4.69) is 15.5 Å². The normalized spacial score (nSPS) is 12.4. The van der Waals surface area contributed by atoms with Crippen LogP contribution in [0.15, 0.2) is 24.3 Å². The SMILES string of the molecule is CCNC(c1cc(C)nnc1C)c1cccc(F)c1F.